The van der Waals surface area contributed by atoms with E-state index in [0.717, 1.165) is 23.5 Å². The molecule has 5 nitrogen and oxygen atoms in total. The van der Waals surface area contributed by atoms with Crippen LogP contribution in [0.15, 0.2) is 29.4 Å². The molecule has 2 rings (SSSR count). The summed E-state index contributed by atoms with van der Waals surface area (Å²) >= 11 is 1.18. The average molecular weight is 277 g/mol. The van der Waals surface area contributed by atoms with E-state index < -0.39 is 5.97 Å². The predicted molar refractivity (Wildman–Crippen MR) is 73.8 cm³/mol. The van der Waals surface area contributed by atoms with Crippen molar-refractivity contribution in [3.8, 4) is 5.69 Å². The minimum absolute atomic E-state index is 0.0201. The van der Waals surface area contributed by atoms with E-state index in [-0.39, 0.29) is 5.75 Å². The Morgan fingerprint density at radius 3 is 2.74 bits per heavy atom. The molecule has 0 aliphatic carbocycles. The molecule has 100 valence electrons. The van der Waals surface area contributed by atoms with Crippen LogP contribution in [0.1, 0.15) is 18.3 Å². The van der Waals surface area contributed by atoms with Gasteiger partial charge in [0.05, 0.1) is 11.4 Å². The van der Waals surface area contributed by atoms with E-state index in [1.165, 1.54) is 11.8 Å². The molecule has 0 radical (unpaired) electrons. The Morgan fingerprint density at radius 2 is 2.11 bits per heavy atom. The Balaban J connectivity index is 2.45. The van der Waals surface area contributed by atoms with Crippen LogP contribution in [0.2, 0.25) is 0 Å². The maximum absolute atomic E-state index is 10.7. The normalized spacial score (nSPS) is 10.6. The van der Waals surface area contributed by atoms with E-state index in [1.54, 1.807) is 0 Å². The third-order valence-corrected chi connectivity index (χ3v) is 3.61. The molecular formula is C13H15N3O2S. The van der Waals surface area contributed by atoms with Gasteiger partial charge in [-0.15, -0.1) is 10.2 Å². The number of para-hydroxylation sites is 1. The zero-order valence-electron chi connectivity index (χ0n) is 10.8. The third kappa shape index (κ3) is 2.96. The minimum atomic E-state index is -0.859. The number of benzene rings is 1. The maximum atomic E-state index is 10.7. The number of carbonyl (C=O) groups is 1. The number of aliphatic carboxylic acids is 1. The first-order valence-electron chi connectivity index (χ1n) is 5.98. The van der Waals surface area contributed by atoms with Crippen molar-refractivity contribution in [1.29, 1.82) is 0 Å². The summed E-state index contributed by atoms with van der Waals surface area (Å²) in [4.78, 5) is 10.7. The lowest BCUT2D eigenvalue weighted by molar-refractivity contribution is -0.133. The lowest BCUT2D eigenvalue weighted by Crippen LogP contribution is -2.05. The summed E-state index contributed by atoms with van der Waals surface area (Å²) in [6.07, 6.45) is 0.745. The van der Waals surface area contributed by atoms with Crippen molar-refractivity contribution < 1.29 is 9.90 Å². The number of thioether (sulfide) groups is 1. The van der Waals surface area contributed by atoms with E-state index in [2.05, 4.69) is 10.2 Å². The molecule has 1 heterocycles. The van der Waals surface area contributed by atoms with Crippen LogP contribution in [0, 0.1) is 6.92 Å². The van der Waals surface area contributed by atoms with Gasteiger partial charge in [-0.2, -0.15) is 0 Å². The third-order valence-electron chi connectivity index (χ3n) is 2.70. The highest BCUT2D eigenvalue weighted by Crippen LogP contribution is 2.24. The molecule has 1 aromatic carbocycles. The molecule has 1 N–H and O–H groups in total. The number of carboxylic acids is 1. The number of nitrogens with zero attached hydrogens (tertiary/aromatic N) is 3. The highest BCUT2D eigenvalue weighted by molar-refractivity contribution is 7.99. The van der Waals surface area contributed by atoms with Gasteiger partial charge in [-0.1, -0.05) is 36.9 Å². The summed E-state index contributed by atoms with van der Waals surface area (Å²) in [6.45, 7) is 4.02. The van der Waals surface area contributed by atoms with Gasteiger partial charge < -0.3 is 5.11 Å². The van der Waals surface area contributed by atoms with Crippen molar-refractivity contribution in [2.24, 2.45) is 0 Å². The largest absolute Gasteiger partial charge is 0.481 e. The summed E-state index contributed by atoms with van der Waals surface area (Å²) in [6, 6.07) is 7.93. The predicted octanol–water partition coefficient (Wildman–Crippen LogP) is 2.31. The van der Waals surface area contributed by atoms with Gasteiger partial charge in [0.15, 0.2) is 5.16 Å². The van der Waals surface area contributed by atoms with Gasteiger partial charge >= 0.3 is 5.97 Å². The molecule has 0 bridgehead atoms. The standard InChI is InChI=1S/C13H15N3O2S/c1-3-11-14-15-13(19-8-12(17)18)16(11)10-7-5-4-6-9(10)2/h4-7H,3,8H2,1-2H3,(H,17,18). The Hall–Kier alpha value is -1.82. The number of hydrogen-bond donors (Lipinski definition) is 1. The van der Waals surface area contributed by atoms with E-state index >= 15 is 0 Å². The van der Waals surface area contributed by atoms with Crippen molar-refractivity contribution in [3.63, 3.8) is 0 Å². The van der Waals surface area contributed by atoms with Crippen LogP contribution in [-0.2, 0) is 11.2 Å². The monoisotopic (exact) mass is 277 g/mol. The molecule has 0 aliphatic heterocycles. The zero-order chi connectivity index (χ0) is 13.8. The van der Waals surface area contributed by atoms with Gasteiger partial charge in [-0.05, 0) is 18.6 Å². The van der Waals surface area contributed by atoms with Crippen LogP contribution in [0.25, 0.3) is 5.69 Å². The van der Waals surface area contributed by atoms with Crippen molar-refractivity contribution >= 4 is 17.7 Å². The second-order valence-corrected chi connectivity index (χ2v) is 5.00. The first kappa shape index (κ1) is 13.6. The fourth-order valence-corrected chi connectivity index (χ4v) is 2.49. The minimum Gasteiger partial charge on any atom is -0.481 e. The van der Waals surface area contributed by atoms with Crippen LogP contribution in [0.4, 0.5) is 0 Å². The Labute approximate surface area is 115 Å². The number of rotatable bonds is 5. The van der Waals surface area contributed by atoms with Crippen molar-refractivity contribution in [2.45, 2.75) is 25.4 Å². The highest BCUT2D eigenvalue weighted by atomic mass is 32.2. The van der Waals surface area contributed by atoms with E-state index in [1.807, 2.05) is 42.7 Å². The summed E-state index contributed by atoms with van der Waals surface area (Å²) in [5, 5.41) is 17.6. The van der Waals surface area contributed by atoms with Gasteiger partial charge in [0.25, 0.3) is 0 Å². The van der Waals surface area contributed by atoms with Crippen LogP contribution in [-0.4, -0.2) is 31.6 Å². The van der Waals surface area contributed by atoms with E-state index in [9.17, 15) is 4.79 Å². The number of hydrogen-bond acceptors (Lipinski definition) is 4. The molecule has 0 saturated carbocycles. The average Bonchev–Trinajstić information content (AvgIpc) is 2.79. The second-order valence-electron chi connectivity index (χ2n) is 4.06. The molecule has 0 saturated heterocycles. The molecule has 0 spiro atoms. The van der Waals surface area contributed by atoms with Crippen molar-refractivity contribution in [2.75, 3.05) is 5.75 Å². The quantitative estimate of drug-likeness (QED) is 0.849. The Morgan fingerprint density at radius 1 is 1.37 bits per heavy atom. The highest BCUT2D eigenvalue weighted by Gasteiger charge is 2.15. The lowest BCUT2D eigenvalue weighted by Gasteiger charge is -2.11. The van der Waals surface area contributed by atoms with E-state index in [0.29, 0.717) is 5.16 Å². The zero-order valence-corrected chi connectivity index (χ0v) is 11.6. The lowest BCUT2D eigenvalue weighted by atomic mass is 10.2. The number of aromatic nitrogens is 3. The Kier molecular flexibility index (Phi) is 4.21. The molecule has 0 fully saturated rings. The smallest absolute Gasteiger partial charge is 0.313 e. The first-order chi connectivity index (χ1) is 9.13. The van der Waals surface area contributed by atoms with Gasteiger partial charge in [0.2, 0.25) is 0 Å². The molecule has 0 unspecified atom stereocenters. The molecule has 2 aromatic rings. The second kappa shape index (κ2) is 5.88. The fraction of sp³-hybridized carbons (Fsp3) is 0.308. The van der Waals surface area contributed by atoms with Crippen LogP contribution in [0.3, 0.4) is 0 Å². The number of carboxylic acid groups (broad SMARTS) is 1. The SMILES string of the molecule is CCc1nnc(SCC(=O)O)n1-c1ccccc1C. The van der Waals surface area contributed by atoms with Crippen molar-refractivity contribution in [1.82, 2.24) is 14.8 Å². The molecular weight excluding hydrogens is 262 g/mol. The van der Waals surface area contributed by atoms with E-state index in [4.69, 9.17) is 5.11 Å². The molecule has 0 aliphatic rings. The Bertz CT molecular complexity index is 595. The first-order valence-corrected chi connectivity index (χ1v) is 6.97. The fourth-order valence-electron chi connectivity index (χ4n) is 1.81. The summed E-state index contributed by atoms with van der Waals surface area (Å²) in [7, 11) is 0. The molecule has 6 heteroatoms. The van der Waals surface area contributed by atoms with Crippen LogP contribution in [0.5, 0.6) is 0 Å². The topological polar surface area (TPSA) is 68.0 Å². The van der Waals surface area contributed by atoms with Gasteiger partial charge in [-0.25, -0.2) is 0 Å². The molecule has 1 aromatic heterocycles. The molecule has 0 amide bonds. The maximum Gasteiger partial charge on any atom is 0.313 e. The molecule has 19 heavy (non-hydrogen) atoms. The van der Waals surface area contributed by atoms with Gasteiger partial charge in [-0.3, -0.25) is 9.36 Å². The van der Waals surface area contributed by atoms with Gasteiger partial charge in [0.1, 0.15) is 5.82 Å². The van der Waals surface area contributed by atoms with Crippen LogP contribution < -0.4 is 0 Å². The summed E-state index contributed by atoms with van der Waals surface area (Å²) < 4.78 is 1.93. The summed E-state index contributed by atoms with van der Waals surface area (Å²) in [5.41, 5.74) is 2.10. The van der Waals surface area contributed by atoms with Crippen molar-refractivity contribution in [3.05, 3.63) is 35.7 Å². The molecule has 0 atom stereocenters. The summed E-state index contributed by atoms with van der Waals surface area (Å²) in [5.74, 6) is -0.0437. The number of aryl methyl sites for hydroxylation is 2. The van der Waals surface area contributed by atoms with Crippen LogP contribution >= 0.6 is 11.8 Å². The van der Waals surface area contributed by atoms with Gasteiger partial charge in [0, 0.05) is 6.42 Å².